The first-order valence-electron chi connectivity index (χ1n) is 6.97. The third-order valence-corrected chi connectivity index (χ3v) is 5.27. The van der Waals surface area contributed by atoms with Crippen LogP contribution in [0.15, 0.2) is 5.38 Å². The maximum absolute atomic E-state index is 12.2. The highest BCUT2D eigenvalue weighted by molar-refractivity contribution is 7.99. The van der Waals surface area contributed by atoms with Gasteiger partial charge in [-0.2, -0.15) is 11.8 Å². The van der Waals surface area contributed by atoms with Crippen LogP contribution < -0.4 is 5.32 Å². The van der Waals surface area contributed by atoms with Crippen LogP contribution in [0, 0.1) is 0 Å². The van der Waals surface area contributed by atoms with Crippen LogP contribution in [0.5, 0.6) is 0 Å². The van der Waals surface area contributed by atoms with E-state index in [9.17, 15) is 4.79 Å². The first-order valence-corrected chi connectivity index (χ1v) is 9.00. The number of thioether (sulfide) groups is 1. The molecule has 0 saturated carbocycles. The van der Waals surface area contributed by atoms with Gasteiger partial charge >= 0.3 is 6.03 Å². The molecule has 1 aliphatic rings. The molecule has 0 bridgehead atoms. The number of carbonyl (C=O) groups excluding carboxylic acids is 1. The number of amides is 2. The van der Waals surface area contributed by atoms with Crippen molar-refractivity contribution in [3.05, 3.63) is 16.1 Å². The van der Waals surface area contributed by atoms with Gasteiger partial charge in [0.2, 0.25) is 0 Å². The van der Waals surface area contributed by atoms with E-state index in [0.717, 1.165) is 35.3 Å². The molecule has 0 spiro atoms. The third-order valence-electron chi connectivity index (χ3n) is 3.30. The number of rotatable bonds is 2. The first-order chi connectivity index (χ1) is 9.38. The lowest BCUT2D eigenvalue weighted by atomic mass is 9.93. The predicted molar refractivity (Wildman–Crippen MR) is 86.7 cm³/mol. The normalized spacial score (nSPS) is 17.9. The summed E-state index contributed by atoms with van der Waals surface area (Å²) in [7, 11) is 0. The Bertz CT molecular complexity index is 461. The molecule has 1 aromatic heterocycles. The Hall–Kier alpha value is -0.750. The van der Waals surface area contributed by atoms with Crippen LogP contribution >= 0.6 is 23.1 Å². The Morgan fingerprint density at radius 2 is 2.05 bits per heavy atom. The Morgan fingerprint density at radius 1 is 1.40 bits per heavy atom. The molecule has 1 atom stereocenters. The Kier molecular flexibility index (Phi) is 4.96. The van der Waals surface area contributed by atoms with Crippen molar-refractivity contribution < 1.29 is 4.79 Å². The molecular formula is C14H23N3OS2. The average molecular weight is 313 g/mol. The van der Waals surface area contributed by atoms with Crippen molar-refractivity contribution in [2.45, 2.75) is 39.2 Å². The largest absolute Gasteiger partial charge is 0.329 e. The molecule has 6 heteroatoms. The molecular weight excluding hydrogens is 290 g/mol. The van der Waals surface area contributed by atoms with Gasteiger partial charge in [0.15, 0.2) is 0 Å². The summed E-state index contributed by atoms with van der Waals surface area (Å²) in [6, 6.07) is 0.00323. The first kappa shape index (κ1) is 15.6. The smallest absolute Gasteiger partial charge is 0.318 e. The van der Waals surface area contributed by atoms with E-state index in [0.29, 0.717) is 0 Å². The van der Waals surface area contributed by atoms with Crippen LogP contribution in [0.4, 0.5) is 4.79 Å². The topological polar surface area (TPSA) is 45.2 Å². The Morgan fingerprint density at radius 3 is 2.60 bits per heavy atom. The molecule has 2 rings (SSSR count). The molecule has 1 fully saturated rings. The molecule has 2 heterocycles. The zero-order chi connectivity index (χ0) is 14.8. The maximum atomic E-state index is 12.2. The van der Waals surface area contributed by atoms with Crippen LogP contribution in [-0.4, -0.2) is 40.5 Å². The van der Waals surface area contributed by atoms with E-state index in [1.807, 2.05) is 23.6 Å². The van der Waals surface area contributed by atoms with Crippen LogP contribution in [-0.2, 0) is 5.41 Å². The molecule has 0 aromatic carbocycles. The molecule has 0 aliphatic carbocycles. The fourth-order valence-corrected chi connectivity index (χ4v) is 3.89. The molecule has 4 nitrogen and oxygen atoms in total. The molecule has 20 heavy (non-hydrogen) atoms. The van der Waals surface area contributed by atoms with Gasteiger partial charge in [0.25, 0.3) is 0 Å². The van der Waals surface area contributed by atoms with Gasteiger partial charge in [0.05, 0.1) is 11.7 Å². The van der Waals surface area contributed by atoms with E-state index in [1.54, 1.807) is 11.3 Å². The number of hydrogen-bond acceptors (Lipinski definition) is 4. The summed E-state index contributed by atoms with van der Waals surface area (Å²) >= 11 is 3.53. The summed E-state index contributed by atoms with van der Waals surface area (Å²) in [4.78, 5) is 18.7. The van der Waals surface area contributed by atoms with E-state index in [1.165, 1.54) is 0 Å². The second kappa shape index (κ2) is 6.35. The predicted octanol–water partition coefficient (Wildman–Crippen LogP) is 3.26. The second-order valence-electron chi connectivity index (χ2n) is 6.09. The molecule has 1 N–H and O–H groups in total. The van der Waals surface area contributed by atoms with Crippen LogP contribution in [0.3, 0.4) is 0 Å². The van der Waals surface area contributed by atoms with Crippen molar-refractivity contribution in [3.63, 3.8) is 0 Å². The van der Waals surface area contributed by atoms with Gasteiger partial charge in [-0.05, 0) is 6.92 Å². The van der Waals surface area contributed by atoms with E-state index in [-0.39, 0.29) is 17.5 Å². The van der Waals surface area contributed by atoms with Gasteiger partial charge < -0.3 is 10.2 Å². The van der Waals surface area contributed by atoms with Crippen LogP contribution in [0.2, 0.25) is 0 Å². The monoisotopic (exact) mass is 313 g/mol. The molecule has 1 aromatic rings. The van der Waals surface area contributed by atoms with E-state index in [4.69, 9.17) is 0 Å². The Labute approximate surface area is 129 Å². The molecule has 1 unspecified atom stereocenters. The maximum Gasteiger partial charge on any atom is 0.318 e. The van der Waals surface area contributed by atoms with E-state index < -0.39 is 0 Å². The SMILES string of the molecule is CC(NC(=O)N1CCSCC1)c1nc(C(C)(C)C)cs1. The quantitative estimate of drug-likeness (QED) is 0.911. The minimum absolute atomic E-state index is 0.0295. The second-order valence-corrected chi connectivity index (χ2v) is 8.21. The standard InChI is InChI=1S/C14H23N3OS2/c1-10(12-16-11(9-20-12)14(2,3)4)15-13(18)17-5-7-19-8-6-17/h9-10H,5-8H2,1-4H3,(H,15,18). The summed E-state index contributed by atoms with van der Waals surface area (Å²) in [5.41, 5.74) is 1.15. The lowest BCUT2D eigenvalue weighted by Crippen LogP contribution is -2.45. The zero-order valence-electron chi connectivity index (χ0n) is 12.6. The van der Waals surface area contributed by atoms with E-state index in [2.05, 4.69) is 36.5 Å². The van der Waals surface area contributed by atoms with Gasteiger partial charge in [0.1, 0.15) is 5.01 Å². The number of hydrogen-bond donors (Lipinski definition) is 1. The molecule has 112 valence electrons. The Balaban J connectivity index is 1.95. The van der Waals surface area contributed by atoms with Gasteiger partial charge in [-0.1, -0.05) is 20.8 Å². The van der Waals surface area contributed by atoms with Gasteiger partial charge in [-0.15, -0.1) is 11.3 Å². The minimum atomic E-state index is -0.0295. The number of urea groups is 1. The highest BCUT2D eigenvalue weighted by atomic mass is 32.2. The van der Waals surface area contributed by atoms with Gasteiger partial charge in [-0.3, -0.25) is 0 Å². The number of carbonyl (C=O) groups is 1. The summed E-state index contributed by atoms with van der Waals surface area (Å²) in [6.07, 6.45) is 0. The fourth-order valence-electron chi connectivity index (χ4n) is 1.94. The summed E-state index contributed by atoms with van der Waals surface area (Å²) in [5, 5.41) is 6.13. The average Bonchev–Trinajstić information content (AvgIpc) is 2.89. The molecule has 1 saturated heterocycles. The number of aromatic nitrogens is 1. The lowest BCUT2D eigenvalue weighted by Gasteiger charge is -2.27. The fraction of sp³-hybridized carbons (Fsp3) is 0.714. The van der Waals surface area contributed by atoms with Crippen molar-refractivity contribution >= 4 is 29.1 Å². The molecule has 2 amide bonds. The van der Waals surface area contributed by atoms with Gasteiger partial charge in [0, 0.05) is 35.4 Å². The highest BCUT2D eigenvalue weighted by Crippen LogP contribution is 2.26. The van der Waals surface area contributed by atoms with Crippen molar-refractivity contribution in [1.29, 1.82) is 0 Å². The lowest BCUT2D eigenvalue weighted by molar-refractivity contribution is 0.199. The molecule has 0 radical (unpaired) electrons. The van der Waals surface area contributed by atoms with Gasteiger partial charge in [-0.25, -0.2) is 9.78 Å². The summed E-state index contributed by atoms with van der Waals surface area (Å²) in [6.45, 7) is 10.1. The highest BCUT2D eigenvalue weighted by Gasteiger charge is 2.22. The van der Waals surface area contributed by atoms with Crippen LogP contribution in [0.1, 0.15) is 44.4 Å². The van der Waals surface area contributed by atoms with Crippen molar-refractivity contribution in [1.82, 2.24) is 15.2 Å². The van der Waals surface area contributed by atoms with E-state index >= 15 is 0 Å². The minimum Gasteiger partial charge on any atom is -0.329 e. The third kappa shape index (κ3) is 3.88. The van der Waals surface area contributed by atoms with Crippen molar-refractivity contribution in [2.24, 2.45) is 0 Å². The number of thiazole rings is 1. The summed E-state index contributed by atoms with van der Waals surface area (Å²) in [5.74, 6) is 2.07. The molecule has 1 aliphatic heterocycles. The summed E-state index contributed by atoms with van der Waals surface area (Å²) < 4.78 is 0. The van der Waals surface area contributed by atoms with Crippen molar-refractivity contribution in [2.75, 3.05) is 24.6 Å². The number of nitrogens with zero attached hydrogens (tertiary/aromatic N) is 2. The van der Waals surface area contributed by atoms with Crippen LogP contribution in [0.25, 0.3) is 0 Å². The van der Waals surface area contributed by atoms with Crippen molar-refractivity contribution in [3.8, 4) is 0 Å². The zero-order valence-corrected chi connectivity index (χ0v) is 14.2. The number of nitrogens with one attached hydrogen (secondary N) is 1.